The highest BCUT2D eigenvalue weighted by atomic mass is 32.2. The number of hydrogen-bond acceptors (Lipinski definition) is 5. The Morgan fingerprint density at radius 2 is 2.09 bits per heavy atom. The second-order valence-electron chi connectivity index (χ2n) is 4.54. The molecule has 7 heteroatoms. The summed E-state index contributed by atoms with van der Waals surface area (Å²) < 4.78 is 18.1. The van der Waals surface area contributed by atoms with Crippen LogP contribution in [0.5, 0.6) is 0 Å². The number of carbonyl (C=O) groups is 2. The van der Waals surface area contributed by atoms with Gasteiger partial charge in [0.15, 0.2) is 0 Å². The number of halogens is 1. The van der Waals surface area contributed by atoms with Gasteiger partial charge in [-0.1, -0.05) is 43.0 Å². The molecule has 0 N–H and O–H groups in total. The van der Waals surface area contributed by atoms with Crippen LogP contribution >= 0.6 is 24.0 Å². The Bertz CT molecular complexity index is 628. The molecule has 116 valence electrons. The zero-order chi connectivity index (χ0) is 16.1. The number of rotatable bonds is 5. The van der Waals surface area contributed by atoms with Crippen molar-refractivity contribution in [2.75, 3.05) is 13.2 Å². The van der Waals surface area contributed by atoms with E-state index in [0.717, 1.165) is 11.8 Å². The van der Waals surface area contributed by atoms with Crippen LogP contribution in [0.3, 0.4) is 0 Å². The molecular formula is C15H14FNO3S2. The van der Waals surface area contributed by atoms with Crippen LogP contribution in [0, 0.1) is 5.82 Å². The van der Waals surface area contributed by atoms with Gasteiger partial charge in [0.05, 0.1) is 11.5 Å². The number of ether oxygens (including phenoxy) is 1. The van der Waals surface area contributed by atoms with E-state index < -0.39 is 5.97 Å². The van der Waals surface area contributed by atoms with Crippen molar-refractivity contribution in [3.63, 3.8) is 0 Å². The van der Waals surface area contributed by atoms with Crippen molar-refractivity contribution in [1.29, 1.82) is 0 Å². The Hall–Kier alpha value is -1.73. The summed E-state index contributed by atoms with van der Waals surface area (Å²) in [5.41, 5.74) is 0.690. The summed E-state index contributed by atoms with van der Waals surface area (Å²) >= 11 is 6.24. The Balaban J connectivity index is 2.08. The summed E-state index contributed by atoms with van der Waals surface area (Å²) in [5, 5.41) is 0. The molecule has 1 aromatic rings. The van der Waals surface area contributed by atoms with Gasteiger partial charge in [0, 0.05) is 0 Å². The van der Waals surface area contributed by atoms with Crippen LogP contribution in [0.4, 0.5) is 4.39 Å². The summed E-state index contributed by atoms with van der Waals surface area (Å²) in [6, 6.07) is 5.76. The van der Waals surface area contributed by atoms with Gasteiger partial charge in [-0.25, -0.2) is 4.39 Å². The summed E-state index contributed by atoms with van der Waals surface area (Å²) in [4.78, 5) is 25.5. The fraction of sp³-hybridized carbons (Fsp3) is 0.267. The molecule has 2 rings (SSSR count). The molecule has 0 radical (unpaired) electrons. The van der Waals surface area contributed by atoms with Crippen LogP contribution in [0.25, 0.3) is 6.08 Å². The first-order valence-corrected chi connectivity index (χ1v) is 7.90. The minimum absolute atomic E-state index is 0.189. The second kappa shape index (κ2) is 7.51. The molecule has 1 aliphatic heterocycles. The molecule has 0 spiro atoms. The van der Waals surface area contributed by atoms with Crippen molar-refractivity contribution in [1.82, 2.24) is 4.90 Å². The normalized spacial score (nSPS) is 16.5. The van der Waals surface area contributed by atoms with Gasteiger partial charge < -0.3 is 4.74 Å². The summed E-state index contributed by atoms with van der Waals surface area (Å²) in [7, 11) is 0. The van der Waals surface area contributed by atoms with Crippen LogP contribution in [-0.2, 0) is 14.3 Å². The van der Waals surface area contributed by atoms with E-state index in [4.69, 9.17) is 17.0 Å². The molecule has 0 unspecified atom stereocenters. The molecule has 1 fully saturated rings. The molecule has 1 heterocycles. The average Bonchev–Trinajstić information content (AvgIpc) is 2.75. The lowest BCUT2D eigenvalue weighted by atomic mass is 10.2. The Morgan fingerprint density at radius 3 is 2.73 bits per heavy atom. The smallest absolute Gasteiger partial charge is 0.326 e. The first kappa shape index (κ1) is 16.6. The van der Waals surface area contributed by atoms with Crippen molar-refractivity contribution in [3.8, 4) is 0 Å². The predicted octanol–water partition coefficient (Wildman–Crippen LogP) is 2.98. The SMILES string of the molecule is CCCOC(=O)CN1C(=O)C(=Cc2ccc(F)cc2)SC1=S. The standard InChI is InChI=1S/C15H14FNO3S2/c1-2-7-20-13(18)9-17-14(19)12(22-15(17)21)8-10-3-5-11(16)6-4-10/h3-6,8H,2,7,9H2,1H3. The quantitative estimate of drug-likeness (QED) is 0.469. The molecule has 1 aromatic carbocycles. The molecule has 22 heavy (non-hydrogen) atoms. The van der Waals surface area contributed by atoms with Crippen molar-refractivity contribution in [2.24, 2.45) is 0 Å². The number of benzene rings is 1. The van der Waals surface area contributed by atoms with Gasteiger partial charge in [-0.15, -0.1) is 0 Å². The summed E-state index contributed by atoms with van der Waals surface area (Å²) in [5.74, 6) is -1.17. The molecule has 4 nitrogen and oxygen atoms in total. The van der Waals surface area contributed by atoms with E-state index in [9.17, 15) is 14.0 Å². The minimum atomic E-state index is -0.485. The molecule has 0 aromatic heterocycles. The molecule has 0 saturated carbocycles. The van der Waals surface area contributed by atoms with Crippen LogP contribution in [-0.4, -0.2) is 34.2 Å². The van der Waals surface area contributed by atoms with E-state index in [-0.39, 0.29) is 18.3 Å². The zero-order valence-electron chi connectivity index (χ0n) is 11.9. The number of esters is 1. The van der Waals surface area contributed by atoms with Crippen molar-refractivity contribution >= 4 is 46.3 Å². The molecule has 1 aliphatic rings. The molecule has 0 atom stereocenters. The molecule has 1 saturated heterocycles. The van der Waals surface area contributed by atoms with Crippen molar-refractivity contribution in [3.05, 3.63) is 40.6 Å². The fourth-order valence-electron chi connectivity index (χ4n) is 1.74. The van der Waals surface area contributed by atoms with Crippen LogP contribution in [0.1, 0.15) is 18.9 Å². The van der Waals surface area contributed by atoms with Crippen molar-refractivity contribution < 1.29 is 18.7 Å². The van der Waals surface area contributed by atoms with E-state index in [1.54, 1.807) is 18.2 Å². The first-order valence-electron chi connectivity index (χ1n) is 6.68. The molecule has 0 bridgehead atoms. The van der Waals surface area contributed by atoms with E-state index in [0.29, 0.717) is 27.8 Å². The Kier molecular flexibility index (Phi) is 5.68. The van der Waals surface area contributed by atoms with Crippen LogP contribution in [0.2, 0.25) is 0 Å². The number of nitrogens with zero attached hydrogens (tertiary/aromatic N) is 1. The average molecular weight is 339 g/mol. The number of hydrogen-bond donors (Lipinski definition) is 0. The highest BCUT2D eigenvalue weighted by Crippen LogP contribution is 2.32. The number of amides is 1. The van der Waals surface area contributed by atoms with E-state index in [1.165, 1.54) is 17.0 Å². The zero-order valence-corrected chi connectivity index (χ0v) is 13.5. The number of thiocarbonyl (C=S) groups is 1. The van der Waals surface area contributed by atoms with E-state index >= 15 is 0 Å². The number of thioether (sulfide) groups is 1. The van der Waals surface area contributed by atoms with Gasteiger partial charge in [0.25, 0.3) is 5.91 Å². The lowest BCUT2D eigenvalue weighted by molar-refractivity contribution is -0.146. The second-order valence-corrected chi connectivity index (χ2v) is 6.22. The van der Waals surface area contributed by atoms with Gasteiger partial charge in [-0.05, 0) is 30.2 Å². The highest BCUT2D eigenvalue weighted by Gasteiger charge is 2.33. The van der Waals surface area contributed by atoms with Gasteiger partial charge in [-0.2, -0.15) is 0 Å². The maximum absolute atomic E-state index is 12.9. The minimum Gasteiger partial charge on any atom is -0.464 e. The summed E-state index contributed by atoms with van der Waals surface area (Å²) in [6.07, 6.45) is 2.34. The third-order valence-electron chi connectivity index (χ3n) is 2.80. The Morgan fingerprint density at radius 1 is 1.41 bits per heavy atom. The lowest BCUT2D eigenvalue weighted by Gasteiger charge is -2.13. The topological polar surface area (TPSA) is 46.6 Å². The highest BCUT2D eigenvalue weighted by molar-refractivity contribution is 8.26. The van der Waals surface area contributed by atoms with E-state index in [2.05, 4.69) is 0 Å². The maximum Gasteiger partial charge on any atom is 0.326 e. The molecule has 0 aliphatic carbocycles. The van der Waals surface area contributed by atoms with Crippen LogP contribution in [0.15, 0.2) is 29.2 Å². The predicted molar refractivity (Wildman–Crippen MR) is 87.5 cm³/mol. The third kappa shape index (κ3) is 4.14. The monoisotopic (exact) mass is 339 g/mol. The molecular weight excluding hydrogens is 325 g/mol. The van der Waals surface area contributed by atoms with Gasteiger partial charge in [0.1, 0.15) is 16.7 Å². The molecule has 1 amide bonds. The summed E-state index contributed by atoms with van der Waals surface area (Å²) in [6.45, 7) is 2.02. The van der Waals surface area contributed by atoms with Gasteiger partial charge >= 0.3 is 5.97 Å². The van der Waals surface area contributed by atoms with Gasteiger partial charge in [0.2, 0.25) is 0 Å². The first-order chi connectivity index (χ1) is 10.5. The Labute approximate surface area is 137 Å². The largest absolute Gasteiger partial charge is 0.464 e. The van der Waals surface area contributed by atoms with E-state index in [1.807, 2.05) is 6.92 Å². The van der Waals surface area contributed by atoms with Crippen molar-refractivity contribution in [2.45, 2.75) is 13.3 Å². The third-order valence-corrected chi connectivity index (χ3v) is 4.17. The van der Waals surface area contributed by atoms with Gasteiger partial charge in [-0.3, -0.25) is 14.5 Å². The number of carbonyl (C=O) groups excluding carboxylic acids is 2. The fourth-order valence-corrected chi connectivity index (χ4v) is 2.99. The maximum atomic E-state index is 12.9. The lowest BCUT2D eigenvalue weighted by Crippen LogP contribution is -2.34. The van der Waals surface area contributed by atoms with Crippen LogP contribution < -0.4 is 0 Å².